The number of Topliss-reactive ketones (excluding diaryl/α,β-unsaturated/α-hetero) is 1. The molecule has 0 saturated heterocycles. The number of hydrogen-bond donors (Lipinski definition) is 0. The van der Waals surface area contributed by atoms with E-state index < -0.39 is 0 Å². The smallest absolute Gasteiger partial charge is 0.207 e. The summed E-state index contributed by atoms with van der Waals surface area (Å²) in [5, 5.41) is 0. The lowest BCUT2D eigenvalue weighted by Crippen LogP contribution is -2.11. The van der Waals surface area contributed by atoms with E-state index in [2.05, 4.69) is 31.9 Å². The molecule has 0 radical (unpaired) electrons. The summed E-state index contributed by atoms with van der Waals surface area (Å²) in [4.78, 5) is 22.1. The summed E-state index contributed by atoms with van der Waals surface area (Å²) < 4.78 is 0.650. The molecule has 0 fully saturated rings. The molecule has 0 aliphatic heterocycles. The van der Waals surface area contributed by atoms with Gasteiger partial charge < -0.3 is 0 Å². The van der Waals surface area contributed by atoms with Gasteiger partial charge in [-0.15, -0.1) is 0 Å². The number of hydrogen-bond acceptors (Lipinski definition) is 2. The van der Waals surface area contributed by atoms with Crippen LogP contribution in [0, 0.1) is 0 Å². The van der Waals surface area contributed by atoms with Crippen LogP contribution in [0.2, 0.25) is 0 Å². The predicted molar refractivity (Wildman–Crippen MR) is 48.7 cm³/mol. The van der Waals surface area contributed by atoms with E-state index in [1.54, 1.807) is 6.92 Å². The summed E-state index contributed by atoms with van der Waals surface area (Å²) >= 11 is 6.03. The first-order valence-corrected chi connectivity index (χ1v) is 4.45. The molecule has 0 amide bonds. The molecule has 0 spiro atoms. The highest BCUT2D eigenvalue weighted by Crippen LogP contribution is 2.26. The third-order valence-electron chi connectivity index (χ3n) is 1.37. The van der Waals surface area contributed by atoms with Crippen molar-refractivity contribution < 1.29 is 9.59 Å². The summed E-state index contributed by atoms with van der Waals surface area (Å²) in [5.41, 5.74) is 0.457. The number of rotatable bonds is 0. The minimum Gasteiger partial charge on any atom is -0.290 e. The highest BCUT2D eigenvalue weighted by atomic mass is 79.9. The van der Waals surface area contributed by atoms with Crippen LogP contribution in [0.5, 0.6) is 0 Å². The van der Waals surface area contributed by atoms with Gasteiger partial charge in [-0.1, -0.05) is 0 Å². The Kier molecular flexibility index (Phi) is 2.44. The van der Waals surface area contributed by atoms with E-state index in [0.29, 0.717) is 14.5 Å². The molecule has 0 heterocycles. The molecule has 0 aromatic rings. The Morgan fingerprint density at radius 1 is 1.27 bits per heavy atom. The fourth-order valence-electron chi connectivity index (χ4n) is 0.672. The highest BCUT2D eigenvalue weighted by Gasteiger charge is 2.22. The average molecular weight is 280 g/mol. The summed E-state index contributed by atoms with van der Waals surface area (Å²) in [6, 6.07) is 0. The van der Waals surface area contributed by atoms with Gasteiger partial charge in [0.05, 0.1) is 8.96 Å². The van der Waals surface area contributed by atoms with Crippen LogP contribution in [-0.2, 0) is 9.59 Å². The van der Waals surface area contributed by atoms with Crippen LogP contribution in [0.25, 0.3) is 0 Å². The van der Waals surface area contributed by atoms with Crippen LogP contribution in [0.4, 0.5) is 0 Å². The van der Waals surface area contributed by atoms with Gasteiger partial charge in [0.1, 0.15) is 0 Å². The molecule has 0 atom stereocenters. The third kappa shape index (κ3) is 1.51. The van der Waals surface area contributed by atoms with Crippen LogP contribution in [-0.4, -0.2) is 11.6 Å². The van der Waals surface area contributed by atoms with Gasteiger partial charge in [-0.05, 0) is 38.8 Å². The lowest BCUT2D eigenvalue weighted by molar-refractivity contribution is -0.114. The molecule has 2 nitrogen and oxygen atoms in total. The van der Waals surface area contributed by atoms with E-state index >= 15 is 0 Å². The van der Waals surface area contributed by atoms with Gasteiger partial charge in [0.2, 0.25) is 5.78 Å². The zero-order valence-corrected chi connectivity index (χ0v) is 8.82. The molecule has 0 unspecified atom stereocenters. The molecular formula is C7H4Br2O2. The van der Waals surface area contributed by atoms with Gasteiger partial charge in [0.25, 0.3) is 0 Å². The van der Waals surface area contributed by atoms with Crippen LogP contribution in [0.15, 0.2) is 20.6 Å². The Bertz CT molecular complexity index is 300. The molecular weight excluding hydrogens is 276 g/mol. The Hall–Kier alpha value is -0.220. The molecule has 0 aromatic heterocycles. The molecule has 1 rings (SSSR count). The van der Waals surface area contributed by atoms with Crippen molar-refractivity contribution in [3.63, 3.8) is 0 Å². The molecule has 1 aliphatic rings. The molecule has 4 heteroatoms. The molecule has 58 valence electrons. The summed E-state index contributed by atoms with van der Waals surface area (Å²) in [5.74, 6) is -0.314. The fraction of sp³-hybridized carbons (Fsp3) is 0.143. The molecule has 0 N–H and O–H groups in total. The molecule has 0 bridgehead atoms. The normalized spacial score (nSPS) is 19.0. The Morgan fingerprint density at radius 3 is 2.36 bits per heavy atom. The second-order valence-electron chi connectivity index (χ2n) is 2.12. The van der Waals surface area contributed by atoms with E-state index in [1.165, 1.54) is 6.08 Å². The zero-order chi connectivity index (χ0) is 8.59. The number of carbonyl (C=O) groups excluding carboxylic acids is 2. The maximum absolute atomic E-state index is 11.1. The number of carbonyl (C=O) groups is 2. The second kappa shape index (κ2) is 3.03. The minimum absolute atomic E-state index is 0.136. The minimum atomic E-state index is -0.179. The van der Waals surface area contributed by atoms with Crippen LogP contribution >= 0.6 is 31.9 Å². The van der Waals surface area contributed by atoms with Crippen molar-refractivity contribution in [1.29, 1.82) is 0 Å². The zero-order valence-electron chi connectivity index (χ0n) is 5.65. The molecule has 11 heavy (non-hydrogen) atoms. The monoisotopic (exact) mass is 278 g/mol. The summed E-state index contributed by atoms with van der Waals surface area (Å²) in [6.45, 7) is 1.61. The largest absolute Gasteiger partial charge is 0.290 e. The van der Waals surface area contributed by atoms with Gasteiger partial charge in [-0.25, -0.2) is 0 Å². The van der Waals surface area contributed by atoms with Crippen LogP contribution in [0.3, 0.4) is 0 Å². The maximum atomic E-state index is 11.1. The SMILES string of the molecule is CC1=C(Br)C(=O)C(Br)=CC1=O. The molecule has 0 saturated carbocycles. The van der Waals surface area contributed by atoms with Crippen molar-refractivity contribution in [1.82, 2.24) is 0 Å². The topological polar surface area (TPSA) is 34.1 Å². The first-order valence-electron chi connectivity index (χ1n) is 2.86. The van der Waals surface area contributed by atoms with Crippen molar-refractivity contribution in [2.75, 3.05) is 0 Å². The summed E-state index contributed by atoms with van der Waals surface area (Å²) in [7, 11) is 0. The standard InChI is InChI=1S/C7H4Br2O2/c1-3-5(10)2-4(8)7(11)6(3)9/h2H,1H3. The van der Waals surface area contributed by atoms with Crippen molar-refractivity contribution in [2.24, 2.45) is 0 Å². The van der Waals surface area contributed by atoms with Crippen molar-refractivity contribution in [2.45, 2.75) is 6.92 Å². The molecule has 0 aromatic carbocycles. The number of halogens is 2. The predicted octanol–water partition coefficient (Wildman–Crippen LogP) is 2.09. The van der Waals surface area contributed by atoms with Crippen molar-refractivity contribution in [3.05, 3.63) is 20.6 Å². The van der Waals surface area contributed by atoms with E-state index in [9.17, 15) is 9.59 Å². The number of allylic oxidation sites excluding steroid dienone is 4. The van der Waals surface area contributed by atoms with Crippen LogP contribution < -0.4 is 0 Å². The van der Waals surface area contributed by atoms with Gasteiger partial charge in [-0.3, -0.25) is 9.59 Å². The maximum Gasteiger partial charge on any atom is 0.207 e. The lowest BCUT2D eigenvalue weighted by Gasteiger charge is -2.07. The quantitative estimate of drug-likeness (QED) is 0.637. The van der Waals surface area contributed by atoms with Crippen LogP contribution in [0.1, 0.15) is 6.92 Å². The van der Waals surface area contributed by atoms with Gasteiger partial charge in [-0.2, -0.15) is 0 Å². The second-order valence-corrected chi connectivity index (χ2v) is 3.77. The fourth-order valence-corrected chi connectivity index (χ4v) is 1.75. The highest BCUT2D eigenvalue weighted by molar-refractivity contribution is 9.13. The van der Waals surface area contributed by atoms with Gasteiger partial charge in [0, 0.05) is 11.6 Å². The summed E-state index contributed by atoms with van der Waals surface area (Å²) in [6.07, 6.45) is 1.28. The Labute approximate surface area is 80.6 Å². The van der Waals surface area contributed by atoms with E-state index in [4.69, 9.17) is 0 Å². The van der Waals surface area contributed by atoms with Gasteiger partial charge >= 0.3 is 0 Å². The molecule has 1 aliphatic carbocycles. The Morgan fingerprint density at radius 2 is 1.82 bits per heavy atom. The van der Waals surface area contributed by atoms with E-state index in [-0.39, 0.29) is 11.6 Å². The van der Waals surface area contributed by atoms with Crippen molar-refractivity contribution >= 4 is 43.4 Å². The van der Waals surface area contributed by atoms with E-state index in [0.717, 1.165) is 0 Å². The Balaban J connectivity index is 3.19. The van der Waals surface area contributed by atoms with Crippen molar-refractivity contribution in [3.8, 4) is 0 Å². The average Bonchev–Trinajstić information content (AvgIpc) is 1.97. The first-order chi connectivity index (χ1) is 5.04. The first kappa shape index (κ1) is 8.87. The third-order valence-corrected chi connectivity index (χ3v) is 2.92. The lowest BCUT2D eigenvalue weighted by atomic mass is 10.1. The van der Waals surface area contributed by atoms with Gasteiger partial charge in [0.15, 0.2) is 5.78 Å². The van der Waals surface area contributed by atoms with E-state index in [1.807, 2.05) is 0 Å². The number of ketones is 2.